The summed E-state index contributed by atoms with van der Waals surface area (Å²) in [5.74, 6) is 1.38. The molecule has 28 heavy (non-hydrogen) atoms. The monoisotopic (exact) mass is 379 g/mol. The van der Waals surface area contributed by atoms with Gasteiger partial charge in [-0.15, -0.1) is 0 Å². The van der Waals surface area contributed by atoms with E-state index >= 15 is 0 Å². The molecule has 0 N–H and O–H groups in total. The molecule has 6 nitrogen and oxygen atoms in total. The Kier molecular flexibility index (Phi) is 5.86. The Morgan fingerprint density at radius 1 is 1.04 bits per heavy atom. The summed E-state index contributed by atoms with van der Waals surface area (Å²) in [4.78, 5) is 28.8. The summed E-state index contributed by atoms with van der Waals surface area (Å²) in [6.07, 6.45) is 5.71. The highest BCUT2D eigenvalue weighted by Crippen LogP contribution is 2.23. The maximum Gasteiger partial charge on any atom is 0.227 e. The van der Waals surface area contributed by atoms with Gasteiger partial charge in [0.25, 0.3) is 0 Å². The van der Waals surface area contributed by atoms with Crippen molar-refractivity contribution in [2.75, 3.05) is 44.2 Å². The van der Waals surface area contributed by atoms with Gasteiger partial charge in [-0.2, -0.15) is 0 Å². The van der Waals surface area contributed by atoms with Gasteiger partial charge < -0.3 is 9.80 Å². The van der Waals surface area contributed by atoms with Crippen LogP contribution in [0.5, 0.6) is 0 Å². The van der Waals surface area contributed by atoms with Gasteiger partial charge in [-0.3, -0.25) is 14.7 Å². The van der Waals surface area contributed by atoms with E-state index < -0.39 is 0 Å². The Bertz CT molecular complexity index is 789. The molecule has 0 saturated carbocycles. The fourth-order valence-corrected chi connectivity index (χ4v) is 4.21. The third-order valence-electron chi connectivity index (χ3n) is 5.92. The first-order chi connectivity index (χ1) is 13.7. The number of hydrogen-bond donors (Lipinski definition) is 0. The molecule has 0 bridgehead atoms. The third-order valence-corrected chi connectivity index (χ3v) is 5.92. The average molecular weight is 380 g/mol. The van der Waals surface area contributed by atoms with Crippen LogP contribution in [0.2, 0.25) is 0 Å². The van der Waals surface area contributed by atoms with Crippen LogP contribution < -0.4 is 4.90 Å². The number of anilines is 1. The van der Waals surface area contributed by atoms with E-state index in [1.54, 1.807) is 0 Å². The summed E-state index contributed by atoms with van der Waals surface area (Å²) in [5.41, 5.74) is 2.37. The minimum Gasteiger partial charge on any atom is -0.356 e. The van der Waals surface area contributed by atoms with E-state index in [4.69, 9.17) is 0 Å². The number of amides is 1. The quantitative estimate of drug-likeness (QED) is 0.816. The minimum absolute atomic E-state index is 0.0836. The minimum atomic E-state index is 0.0836. The summed E-state index contributed by atoms with van der Waals surface area (Å²) < 4.78 is 0. The van der Waals surface area contributed by atoms with E-state index in [-0.39, 0.29) is 5.92 Å². The van der Waals surface area contributed by atoms with Crippen molar-refractivity contribution in [2.24, 2.45) is 5.92 Å². The van der Waals surface area contributed by atoms with Crippen LogP contribution in [0.15, 0.2) is 42.7 Å². The molecule has 1 unspecified atom stereocenters. The maximum absolute atomic E-state index is 13.1. The highest BCUT2D eigenvalue weighted by Gasteiger charge is 2.31. The van der Waals surface area contributed by atoms with E-state index in [0.717, 1.165) is 70.2 Å². The van der Waals surface area contributed by atoms with Gasteiger partial charge in [-0.1, -0.05) is 12.1 Å². The molecule has 2 aromatic rings. The molecule has 2 aromatic heterocycles. The lowest BCUT2D eigenvalue weighted by atomic mass is 9.96. The fraction of sp³-hybridized carbons (Fsp3) is 0.500. The standard InChI is InChI=1S/C22H29N5O/c1-18-6-4-10-23-20(18)17-25-12-14-26(15-13-25)22(28)19-7-5-11-27(16-19)21-8-2-3-9-24-21/h2-4,6,8-10,19H,5,7,11-17H2,1H3. The molecule has 2 saturated heterocycles. The van der Waals surface area contributed by atoms with Crippen LogP contribution in [0.4, 0.5) is 5.82 Å². The summed E-state index contributed by atoms with van der Waals surface area (Å²) in [6, 6.07) is 10.1. The predicted octanol–water partition coefficient (Wildman–Crippen LogP) is 2.35. The number of piperidine rings is 1. The topological polar surface area (TPSA) is 52.6 Å². The molecule has 1 amide bonds. The van der Waals surface area contributed by atoms with Gasteiger partial charge in [0.05, 0.1) is 11.6 Å². The van der Waals surface area contributed by atoms with Gasteiger partial charge in [0.1, 0.15) is 5.82 Å². The Labute approximate surface area is 167 Å². The van der Waals surface area contributed by atoms with Crippen molar-refractivity contribution < 1.29 is 4.79 Å². The Morgan fingerprint density at radius 3 is 2.61 bits per heavy atom. The molecule has 0 aliphatic carbocycles. The zero-order valence-corrected chi connectivity index (χ0v) is 16.6. The summed E-state index contributed by atoms with van der Waals surface area (Å²) in [5, 5.41) is 0. The van der Waals surface area contributed by atoms with Crippen molar-refractivity contribution in [2.45, 2.75) is 26.3 Å². The largest absolute Gasteiger partial charge is 0.356 e. The number of aryl methyl sites for hydroxylation is 1. The van der Waals surface area contributed by atoms with Crippen LogP contribution in [0, 0.1) is 12.8 Å². The molecular weight excluding hydrogens is 350 g/mol. The predicted molar refractivity (Wildman–Crippen MR) is 110 cm³/mol. The van der Waals surface area contributed by atoms with Gasteiger partial charge in [-0.25, -0.2) is 4.98 Å². The van der Waals surface area contributed by atoms with E-state index in [1.807, 2.05) is 36.7 Å². The molecule has 4 heterocycles. The second-order valence-corrected chi connectivity index (χ2v) is 7.84. The lowest BCUT2D eigenvalue weighted by Crippen LogP contribution is -2.52. The number of nitrogens with zero attached hydrogens (tertiary/aromatic N) is 5. The Morgan fingerprint density at radius 2 is 1.86 bits per heavy atom. The molecule has 0 aromatic carbocycles. The van der Waals surface area contributed by atoms with Crippen molar-refractivity contribution >= 4 is 11.7 Å². The summed E-state index contributed by atoms with van der Waals surface area (Å²) in [6.45, 7) is 8.19. The van der Waals surface area contributed by atoms with Gasteiger partial charge in [-0.05, 0) is 43.5 Å². The molecule has 0 radical (unpaired) electrons. The third kappa shape index (κ3) is 4.33. The molecule has 0 spiro atoms. The van der Waals surface area contributed by atoms with Crippen LogP contribution in [-0.4, -0.2) is 64.9 Å². The van der Waals surface area contributed by atoms with Crippen LogP contribution in [0.25, 0.3) is 0 Å². The van der Waals surface area contributed by atoms with Crippen LogP contribution in [0.3, 0.4) is 0 Å². The van der Waals surface area contributed by atoms with E-state index in [0.29, 0.717) is 5.91 Å². The first-order valence-electron chi connectivity index (χ1n) is 10.3. The van der Waals surface area contributed by atoms with Gasteiger partial charge in [0, 0.05) is 58.2 Å². The number of pyridine rings is 2. The number of aromatic nitrogens is 2. The normalized spacial score (nSPS) is 21.0. The van der Waals surface area contributed by atoms with E-state index in [9.17, 15) is 4.79 Å². The van der Waals surface area contributed by atoms with Gasteiger partial charge in [0.2, 0.25) is 5.91 Å². The average Bonchev–Trinajstić information content (AvgIpc) is 2.76. The Balaban J connectivity index is 1.30. The molecule has 6 heteroatoms. The van der Waals surface area contributed by atoms with Crippen molar-refractivity contribution in [1.29, 1.82) is 0 Å². The first-order valence-corrected chi connectivity index (χ1v) is 10.3. The number of carbonyl (C=O) groups is 1. The number of carbonyl (C=O) groups excluding carboxylic acids is 1. The second-order valence-electron chi connectivity index (χ2n) is 7.84. The van der Waals surface area contributed by atoms with Crippen molar-refractivity contribution in [3.8, 4) is 0 Å². The van der Waals surface area contributed by atoms with Crippen LogP contribution in [-0.2, 0) is 11.3 Å². The number of rotatable bonds is 4. The molecular formula is C22H29N5O. The van der Waals surface area contributed by atoms with E-state index in [2.05, 4.69) is 37.7 Å². The van der Waals surface area contributed by atoms with E-state index in [1.165, 1.54) is 5.56 Å². The molecule has 2 aliphatic rings. The maximum atomic E-state index is 13.1. The summed E-state index contributed by atoms with van der Waals surface area (Å²) in [7, 11) is 0. The molecule has 1 atom stereocenters. The molecule has 2 fully saturated rings. The molecule has 4 rings (SSSR count). The first kappa shape index (κ1) is 18.9. The fourth-order valence-electron chi connectivity index (χ4n) is 4.21. The number of hydrogen-bond acceptors (Lipinski definition) is 5. The van der Waals surface area contributed by atoms with Crippen molar-refractivity contribution in [3.63, 3.8) is 0 Å². The summed E-state index contributed by atoms with van der Waals surface area (Å²) >= 11 is 0. The smallest absolute Gasteiger partial charge is 0.227 e. The zero-order valence-electron chi connectivity index (χ0n) is 16.6. The van der Waals surface area contributed by atoms with Crippen LogP contribution in [0.1, 0.15) is 24.1 Å². The van der Waals surface area contributed by atoms with Crippen LogP contribution >= 0.6 is 0 Å². The Hall–Kier alpha value is -2.47. The lowest BCUT2D eigenvalue weighted by molar-refractivity contribution is -0.137. The number of piperazine rings is 1. The van der Waals surface area contributed by atoms with Gasteiger partial charge >= 0.3 is 0 Å². The zero-order chi connectivity index (χ0) is 19.3. The second kappa shape index (κ2) is 8.69. The van der Waals surface area contributed by atoms with Gasteiger partial charge in [0.15, 0.2) is 0 Å². The SMILES string of the molecule is Cc1cccnc1CN1CCN(C(=O)C2CCCN(c3ccccn3)C2)CC1. The van der Waals surface area contributed by atoms with Crippen molar-refractivity contribution in [1.82, 2.24) is 19.8 Å². The van der Waals surface area contributed by atoms with Crippen molar-refractivity contribution in [3.05, 3.63) is 54.0 Å². The molecule has 2 aliphatic heterocycles. The highest BCUT2D eigenvalue weighted by atomic mass is 16.2. The lowest BCUT2D eigenvalue weighted by Gasteiger charge is -2.39. The highest BCUT2D eigenvalue weighted by molar-refractivity contribution is 5.80. The molecule has 148 valence electrons.